The van der Waals surface area contributed by atoms with E-state index >= 15 is 0 Å². The Morgan fingerprint density at radius 3 is 2.90 bits per heavy atom. The molecule has 1 aromatic carbocycles. The monoisotopic (exact) mass is 420 g/mol. The minimum atomic E-state index is -1.04. The van der Waals surface area contributed by atoms with Gasteiger partial charge in [0.05, 0.1) is 12.2 Å². The van der Waals surface area contributed by atoms with Crippen molar-refractivity contribution in [3.8, 4) is 17.6 Å². The summed E-state index contributed by atoms with van der Waals surface area (Å²) < 4.78 is 6.19. The zero-order valence-corrected chi connectivity index (χ0v) is 20.0. The Balaban J connectivity index is 0.00000320. The third-order valence-electron chi connectivity index (χ3n) is 6.03. The molecular weight excluding hydrogens is 391 g/mol. The summed E-state index contributed by atoms with van der Waals surface area (Å²) in [4.78, 5) is 10.7. The van der Waals surface area contributed by atoms with E-state index in [1.807, 2.05) is 31.2 Å². The van der Waals surface area contributed by atoms with E-state index in [1.54, 1.807) is 13.0 Å². The molecule has 1 heterocycles. The molecule has 2 aliphatic rings. The van der Waals surface area contributed by atoms with Crippen LogP contribution in [-0.2, 0) is 11.2 Å². The molecule has 1 aromatic rings. The molecule has 0 amide bonds. The number of benzene rings is 1. The summed E-state index contributed by atoms with van der Waals surface area (Å²) in [5.41, 5.74) is 2.06. The molecule has 0 saturated heterocycles. The van der Waals surface area contributed by atoms with Crippen molar-refractivity contribution < 1.29 is 54.4 Å². The molecule has 0 spiro atoms. The van der Waals surface area contributed by atoms with E-state index in [-0.39, 0.29) is 59.8 Å². The van der Waals surface area contributed by atoms with Crippen LogP contribution in [0.4, 0.5) is 0 Å². The van der Waals surface area contributed by atoms with Crippen LogP contribution in [-0.4, -0.2) is 34.5 Å². The second-order valence-corrected chi connectivity index (χ2v) is 8.11. The molecule has 6 heteroatoms. The summed E-state index contributed by atoms with van der Waals surface area (Å²) >= 11 is 0. The van der Waals surface area contributed by atoms with Gasteiger partial charge in [-0.05, 0) is 37.7 Å². The van der Waals surface area contributed by atoms with Crippen LogP contribution in [0.25, 0.3) is 0 Å². The first-order chi connectivity index (χ1) is 13.9. The van der Waals surface area contributed by atoms with Gasteiger partial charge >= 0.3 is 29.6 Å². The fourth-order valence-corrected chi connectivity index (χ4v) is 4.40. The minimum Gasteiger partial charge on any atom is -0.550 e. The van der Waals surface area contributed by atoms with Crippen molar-refractivity contribution in [2.75, 3.05) is 0 Å². The van der Waals surface area contributed by atoms with E-state index in [0.717, 1.165) is 16.9 Å². The summed E-state index contributed by atoms with van der Waals surface area (Å²) in [6.45, 7) is 3.74. The Bertz CT molecular complexity index is 825. The number of hydrogen-bond donors (Lipinski definition) is 2. The standard InChI is InChI=1S/C24H30O5.Na/c1-3-4-7-15(2)19(25)13-12-17-20(26)14-21-23(17)18-10-5-8-16(24(18)29-21)9-6-11-22(27)28;/h5,8,10,12-13,15,17,19-21,23,25-26H,6-7,9,11,14H2,1-2H3,(H,27,28);/q;+1/p-1/b13-12+;/t15-,17-,19-,20+,21-,23-;/m1./s1. The van der Waals surface area contributed by atoms with Crippen molar-refractivity contribution in [2.45, 2.75) is 70.2 Å². The fourth-order valence-electron chi connectivity index (χ4n) is 4.40. The summed E-state index contributed by atoms with van der Waals surface area (Å²) in [5, 5.41) is 31.7. The first-order valence-corrected chi connectivity index (χ1v) is 10.3. The van der Waals surface area contributed by atoms with Crippen molar-refractivity contribution in [2.24, 2.45) is 11.8 Å². The molecular formula is C24H29NaO5. The molecule has 6 atom stereocenters. The number of aryl methyl sites for hydroxylation is 1. The Labute approximate surface area is 200 Å². The van der Waals surface area contributed by atoms with Crippen molar-refractivity contribution >= 4 is 5.97 Å². The first-order valence-electron chi connectivity index (χ1n) is 10.3. The SMILES string of the molecule is CC#CC[C@@H](C)[C@H](O)/C=C/[C@H]1[C@@H]2c3cccc(CCCC(=O)[O-])c3O[C@@H]2C[C@@H]1O.[Na+]. The normalized spacial score (nSPS) is 26.0. The number of carbonyl (C=O) groups excluding carboxylic acids is 1. The molecule has 30 heavy (non-hydrogen) atoms. The maximum atomic E-state index is 10.7. The molecule has 0 unspecified atom stereocenters. The van der Waals surface area contributed by atoms with Gasteiger partial charge in [-0.1, -0.05) is 37.3 Å². The molecule has 2 N–H and O–H groups in total. The van der Waals surface area contributed by atoms with E-state index in [1.165, 1.54) is 0 Å². The van der Waals surface area contributed by atoms with Crippen LogP contribution in [0.1, 0.15) is 56.6 Å². The smallest absolute Gasteiger partial charge is 0.550 e. The van der Waals surface area contributed by atoms with Crippen molar-refractivity contribution in [3.05, 3.63) is 41.5 Å². The first kappa shape index (κ1) is 25.0. The average Bonchev–Trinajstić information content (AvgIpc) is 3.19. The van der Waals surface area contributed by atoms with Crippen LogP contribution in [0.2, 0.25) is 0 Å². The van der Waals surface area contributed by atoms with Gasteiger partial charge in [0.15, 0.2) is 0 Å². The average molecular weight is 420 g/mol. The molecule has 1 aliphatic heterocycles. The fraction of sp³-hybridized carbons (Fsp3) is 0.542. The molecule has 1 aliphatic carbocycles. The second-order valence-electron chi connectivity index (χ2n) is 8.11. The quantitative estimate of drug-likeness (QED) is 0.319. The van der Waals surface area contributed by atoms with E-state index in [0.29, 0.717) is 25.7 Å². The summed E-state index contributed by atoms with van der Waals surface area (Å²) in [5.74, 6) is 5.56. The maximum Gasteiger partial charge on any atom is 1.00 e. The predicted octanol–water partition coefficient (Wildman–Crippen LogP) is -1.04. The number of aliphatic hydroxyl groups is 2. The zero-order chi connectivity index (χ0) is 21.0. The van der Waals surface area contributed by atoms with Gasteiger partial charge in [-0.15, -0.1) is 11.8 Å². The van der Waals surface area contributed by atoms with Gasteiger partial charge in [0, 0.05) is 36.2 Å². The molecule has 1 fully saturated rings. The van der Waals surface area contributed by atoms with Crippen LogP contribution in [0.5, 0.6) is 5.75 Å². The minimum absolute atomic E-state index is 0. The molecule has 5 nitrogen and oxygen atoms in total. The number of carboxylic acids is 1. The summed E-state index contributed by atoms with van der Waals surface area (Å²) in [7, 11) is 0. The molecule has 0 bridgehead atoms. The van der Waals surface area contributed by atoms with Crippen LogP contribution in [0.15, 0.2) is 30.4 Å². The Morgan fingerprint density at radius 2 is 2.20 bits per heavy atom. The Kier molecular flexibility index (Phi) is 9.46. The molecule has 0 radical (unpaired) electrons. The van der Waals surface area contributed by atoms with Crippen molar-refractivity contribution in [1.82, 2.24) is 0 Å². The Hall–Kier alpha value is -1.29. The second kappa shape index (κ2) is 11.4. The molecule has 0 aromatic heterocycles. The number of carbonyl (C=O) groups is 1. The largest absolute Gasteiger partial charge is 1.00 e. The summed E-state index contributed by atoms with van der Waals surface area (Å²) in [6, 6.07) is 5.96. The van der Waals surface area contributed by atoms with Gasteiger partial charge in [0.2, 0.25) is 0 Å². The van der Waals surface area contributed by atoms with Crippen LogP contribution < -0.4 is 39.4 Å². The van der Waals surface area contributed by atoms with Gasteiger partial charge in [-0.2, -0.15) is 0 Å². The van der Waals surface area contributed by atoms with E-state index in [9.17, 15) is 20.1 Å². The van der Waals surface area contributed by atoms with E-state index < -0.39 is 18.2 Å². The number of para-hydroxylation sites is 1. The van der Waals surface area contributed by atoms with Crippen molar-refractivity contribution in [1.29, 1.82) is 0 Å². The number of aliphatic hydroxyl groups excluding tert-OH is 2. The van der Waals surface area contributed by atoms with Crippen LogP contribution >= 0.6 is 0 Å². The molecule has 156 valence electrons. The van der Waals surface area contributed by atoms with Gasteiger partial charge < -0.3 is 24.9 Å². The number of aliphatic carboxylic acids is 1. The van der Waals surface area contributed by atoms with E-state index in [4.69, 9.17) is 4.74 Å². The Morgan fingerprint density at radius 1 is 1.43 bits per heavy atom. The van der Waals surface area contributed by atoms with Gasteiger partial charge in [-0.3, -0.25) is 0 Å². The summed E-state index contributed by atoms with van der Waals surface area (Å²) in [6.07, 6.45) is 4.80. The number of hydrogen-bond acceptors (Lipinski definition) is 5. The van der Waals surface area contributed by atoms with E-state index in [2.05, 4.69) is 11.8 Å². The van der Waals surface area contributed by atoms with Gasteiger partial charge in [0.25, 0.3) is 0 Å². The van der Waals surface area contributed by atoms with Gasteiger partial charge in [0.1, 0.15) is 11.9 Å². The van der Waals surface area contributed by atoms with Crippen LogP contribution in [0.3, 0.4) is 0 Å². The maximum absolute atomic E-state index is 10.7. The molecule has 1 saturated carbocycles. The van der Waals surface area contributed by atoms with Crippen LogP contribution in [0, 0.1) is 23.7 Å². The van der Waals surface area contributed by atoms with Crippen molar-refractivity contribution in [3.63, 3.8) is 0 Å². The third-order valence-corrected chi connectivity index (χ3v) is 6.03. The third kappa shape index (κ3) is 5.69. The topological polar surface area (TPSA) is 89.8 Å². The number of ether oxygens (including phenoxy) is 1. The number of carboxylic acid groups (broad SMARTS) is 1. The van der Waals surface area contributed by atoms with Gasteiger partial charge in [-0.25, -0.2) is 0 Å². The predicted molar refractivity (Wildman–Crippen MR) is 108 cm³/mol. The molecule has 3 rings (SSSR count). The zero-order valence-electron chi connectivity index (χ0n) is 18.0. The number of rotatable bonds is 8. The number of fused-ring (bicyclic) bond motifs is 3.